The number of nitrogens with one attached hydrogen (secondary N) is 2. The van der Waals surface area contributed by atoms with E-state index in [0.717, 1.165) is 11.0 Å². The first-order valence-corrected chi connectivity index (χ1v) is 8.46. The number of amides is 1. The maximum atomic E-state index is 11.6. The van der Waals surface area contributed by atoms with Crippen LogP contribution in [0.25, 0.3) is 22.3 Å². The molecule has 0 spiro atoms. The number of imidazole rings is 1. The van der Waals surface area contributed by atoms with Gasteiger partial charge in [-0.2, -0.15) is 0 Å². The second-order valence-electron chi connectivity index (χ2n) is 6.57. The van der Waals surface area contributed by atoms with Crippen LogP contribution in [0.1, 0.15) is 13.3 Å². The fourth-order valence-corrected chi connectivity index (χ4v) is 3.20. The number of aryl methyl sites for hydroxylation is 1. The van der Waals surface area contributed by atoms with Gasteiger partial charge in [-0.3, -0.25) is 9.59 Å². The van der Waals surface area contributed by atoms with Crippen molar-refractivity contribution in [2.75, 3.05) is 6.54 Å². The molecule has 3 aromatic rings. The maximum Gasteiger partial charge on any atom is 0.248 e. The van der Waals surface area contributed by atoms with Gasteiger partial charge in [-0.25, -0.2) is 9.97 Å². The summed E-state index contributed by atoms with van der Waals surface area (Å²) in [4.78, 5) is 34.7. The molecule has 26 heavy (non-hydrogen) atoms. The largest absolute Gasteiger partial charge is 0.473 e. The van der Waals surface area contributed by atoms with Crippen LogP contribution in [0.2, 0.25) is 0 Å². The van der Waals surface area contributed by atoms with E-state index in [0.29, 0.717) is 30.1 Å². The number of aromatic nitrogens is 4. The van der Waals surface area contributed by atoms with Crippen LogP contribution < -0.4 is 15.6 Å². The van der Waals surface area contributed by atoms with E-state index >= 15 is 0 Å². The smallest absolute Gasteiger partial charge is 0.248 e. The number of rotatable bonds is 4. The Hall–Kier alpha value is -3.16. The Morgan fingerprint density at radius 1 is 1.35 bits per heavy atom. The van der Waals surface area contributed by atoms with E-state index in [9.17, 15) is 9.59 Å². The van der Waals surface area contributed by atoms with Crippen molar-refractivity contribution in [1.29, 1.82) is 0 Å². The molecular formula is C18H19N5O3. The normalized spacial score (nSPS) is 18.1. The lowest BCUT2D eigenvalue weighted by atomic mass is 10.0. The zero-order valence-electron chi connectivity index (χ0n) is 14.5. The molecule has 0 saturated carbocycles. The quantitative estimate of drug-likeness (QED) is 0.734. The SMILES string of the molecule is C[C@@H](Oc1nc(-c2cc[nH]c(=O)c2)cc2ncn(C)c12)[C@H]1CNC(=O)C1. The van der Waals surface area contributed by atoms with Gasteiger partial charge in [0.15, 0.2) is 0 Å². The molecule has 0 bridgehead atoms. The second kappa shape index (κ2) is 6.29. The summed E-state index contributed by atoms with van der Waals surface area (Å²) in [5, 5.41) is 2.83. The second-order valence-corrected chi connectivity index (χ2v) is 6.57. The van der Waals surface area contributed by atoms with Gasteiger partial charge >= 0.3 is 0 Å². The predicted molar refractivity (Wildman–Crippen MR) is 95.8 cm³/mol. The molecule has 3 aromatic heterocycles. The lowest BCUT2D eigenvalue weighted by Gasteiger charge is -2.20. The van der Waals surface area contributed by atoms with Crippen molar-refractivity contribution in [2.24, 2.45) is 13.0 Å². The van der Waals surface area contributed by atoms with Crippen molar-refractivity contribution in [3.8, 4) is 17.1 Å². The minimum Gasteiger partial charge on any atom is -0.473 e. The minimum atomic E-state index is -0.197. The topological polar surface area (TPSA) is 102 Å². The number of hydrogen-bond acceptors (Lipinski definition) is 5. The average molecular weight is 353 g/mol. The van der Waals surface area contributed by atoms with Crippen LogP contribution in [0.5, 0.6) is 5.88 Å². The van der Waals surface area contributed by atoms with Crippen LogP contribution in [-0.2, 0) is 11.8 Å². The van der Waals surface area contributed by atoms with Crippen LogP contribution in [0.3, 0.4) is 0 Å². The molecule has 2 atom stereocenters. The number of pyridine rings is 2. The van der Waals surface area contributed by atoms with E-state index in [4.69, 9.17) is 4.74 Å². The Kier molecular flexibility index (Phi) is 3.95. The Morgan fingerprint density at radius 3 is 2.92 bits per heavy atom. The Morgan fingerprint density at radius 2 is 2.19 bits per heavy atom. The number of fused-ring (bicyclic) bond motifs is 1. The van der Waals surface area contributed by atoms with E-state index in [2.05, 4.69) is 20.3 Å². The van der Waals surface area contributed by atoms with Crippen LogP contribution in [-0.4, -0.2) is 38.1 Å². The molecule has 0 aromatic carbocycles. The highest BCUT2D eigenvalue weighted by molar-refractivity contribution is 5.84. The van der Waals surface area contributed by atoms with Crippen LogP contribution in [0, 0.1) is 5.92 Å². The molecule has 1 aliphatic rings. The number of nitrogens with zero attached hydrogens (tertiary/aromatic N) is 3. The van der Waals surface area contributed by atoms with Crippen molar-refractivity contribution in [3.63, 3.8) is 0 Å². The fraction of sp³-hybridized carbons (Fsp3) is 0.333. The summed E-state index contributed by atoms with van der Waals surface area (Å²) in [6, 6.07) is 5.11. The molecule has 8 nitrogen and oxygen atoms in total. The summed E-state index contributed by atoms with van der Waals surface area (Å²) in [6.45, 7) is 2.54. The standard InChI is InChI=1S/C18H19N5O3/c1-10(12-6-16(25)20-8-12)26-18-17-14(21-9-23(17)2)7-13(22-18)11-3-4-19-15(24)5-11/h3-5,7,9-10,12H,6,8H2,1-2H3,(H,19,24)(H,20,25)/t10-,12-/m1/s1. The van der Waals surface area contributed by atoms with Crippen LogP contribution in [0.4, 0.5) is 0 Å². The first-order chi connectivity index (χ1) is 12.5. The van der Waals surface area contributed by atoms with Crippen molar-refractivity contribution in [1.82, 2.24) is 24.8 Å². The summed E-state index contributed by atoms with van der Waals surface area (Å²) in [5.41, 5.74) is 2.63. The highest BCUT2D eigenvalue weighted by Gasteiger charge is 2.29. The van der Waals surface area contributed by atoms with Crippen molar-refractivity contribution < 1.29 is 9.53 Å². The molecule has 2 N–H and O–H groups in total. The molecular weight excluding hydrogens is 334 g/mol. The number of hydrogen-bond donors (Lipinski definition) is 2. The number of ether oxygens (including phenoxy) is 1. The number of H-pyrrole nitrogens is 1. The average Bonchev–Trinajstić information content (AvgIpc) is 3.21. The summed E-state index contributed by atoms with van der Waals surface area (Å²) < 4.78 is 7.99. The summed E-state index contributed by atoms with van der Waals surface area (Å²) in [7, 11) is 1.88. The Balaban J connectivity index is 1.75. The number of carbonyl (C=O) groups excluding carboxylic acids is 1. The summed E-state index contributed by atoms with van der Waals surface area (Å²) >= 11 is 0. The first-order valence-electron chi connectivity index (χ1n) is 8.46. The fourth-order valence-electron chi connectivity index (χ4n) is 3.20. The molecule has 1 amide bonds. The maximum absolute atomic E-state index is 11.6. The third-order valence-electron chi connectivity index (χ3n) is 4.70. The van der Waals surface area contributed by atoms with Crippen LogP contribution in [0.15, 0.2) is 35.5 Å². The Bertz CT molecular complexity index is 1040. The summed E-state index contributed by atoms with van der Waals surface area (Å²) in [6.07, 6.45) is 3.55. The van der Waals surface area contributed by atoms with Crippen molar-refractivity contribution in [3.05, 3.63) is 41.1 Å². The minimum absolute atomic E-state index is 0.0429. The Labute approximate surface area is 149 Å². The molecule has 0 aliphatic carbocycles. The molecule has 4 heterocycles. The van der Waals surface area contributed by atoms with Gasteiger partial charge in [-0.1, -0.05) is 0 Å². The predicted octanol–water partition coefficient (Wildman–Crippen LogP) is 1.23. The molecule has 134 valence electrons. The van der Waals surface area contributed by atoms with Crippen molar-refractivity contribution in [2.45, 2.75) is 19.4 Å². The number of aromatic amines is 1. The van der Waals surface area contributed by atoms with E-state index in [1.807, 2.05) is 24.6 Å². The van der Waals surface area contributed by atoms with E-state index in [1.54, 1.807) is 18.6 Å². The molecule has 1 saturated heterocycles. The van der Waals surface area contributed by atoms with Gasteiger partial charge in [0, 0.05) is 43.8 Å². The molecule has 1 aliphatic heterocycles. The zero-order valence-corrected chi connectivity index (χ0v) is 14.5. The lowest BCUT2D eigenvalue weighted by Crippen LogP contribution is -2.26. The molecule has 8 heteroatoms. The van der Waals surface area contributed by atoms with Gasteiger partial charge in [0.25, 0.3) is 0 Å². The molecule has 0 unspecified atom stereocenters. The van der Waals surface area contributed by atoms with E-state index in [-0.39, 0.29) is 23.5 Å². The summed E-state index contributed by atoms with van der Waals surface area (Å²) in [5.74, 6) is 0.585. The highest BCUT2D eigenvalue weighted by atomic mass is 16.5. The molecule has 0 radical (unpaired) electrons. The number of carbonyl (C=O) groups is 1. The third kappa shape index (κ3) is 2.94. The zero-order chi connectivity index (χ0) is 18.3. The molecule has 1 fully saturated rings. The van der Waals surface area contributed by atoms with Gasteiger partial charge in [-0.15, -0.1) is 0 Å². The van der Waals surface area contributed by atoms with Gasteiger partial charge in [-0.05, 0) is 19.1 Å². The highest BCUT2D eigenvalue weighted by Crippen LogP contribution is 2.30. The third-order valence-corrected chi connectivity index (χ3v) is 4.70. The van der Waals surface area contributed by atoms with E-state index < -0.39 is 0 Å². The van der Waals surface area contributed by atoms with Gasteiger partial charge in [0.1, 0.15) is 11.6 Å². The van der Waals surface area contributed by atoms with Crippen molar-refractivity contribution >= 4 is 16.9 Å². The van der Waals surface area contributed by atoms with Gasteiger partial charge in [0.2, 0.25) is 17.3 Å². The lowest BCUT2D eigenvalue weighted by molar-refractivity contribution is -0.119. The first kappa shape index (κ1) is 16.3. The monoisotopic (exact) mass is 353 g/mol. The van der Waals surface area contributed by atoms with Gasteiger partial charge in [0.05, 0.1) is 17.5 Å². The van der Waals surface area contributed by atoms with Crippen LogP contribution >= 0.6 is 0 Å². The molecule has 4 rings (SSSR count). The van der Waals surface area contributed by atoms with Gasteiger partial charge < -0.3 is 19.6 Å². The van der Waals surface area contributed by atoms with E-state index in [1.165, 1.54) is 6.07 Å².